The molecular formula is C14H10BrClO. The molecule has 0 N–H and O–H groups in total. The van der Waals surface area contributed by atoms with Gasteiger partial charge in [-0.05, 0) is 33.6 Å². The van der Waals surface area contributed by atoms with Crippen molar-refractivity contribution in [2.24, 2.45) is 0 Å². The van der Waals surface area contributed by atoms with Gasteiger partial charge in [0.1, 0.15) is 0 Å². The molecule has 0 amide bonds. The smallest absolute Gasteiger partial charge is 0.168 e. The summed E-state index contributed by atoms with van der Waals surface area (Å²) in [7, 11) is 0. The summed E-state index contributed by atoms with van der Waals surface area (Å²) in [6.45, 7) is 0. The first kappa shape index (κ1) is 12.3. The molecule has 0 fully saturated rings. The van der Waals surface area contributed by atoms with E-state index in [4.69, 9.17) is 11.6 Å². The van der Waals surface area contributed by atoms with Crippen LogP contribution in [0, 0.1) is 0 Å². The Hall–Kier alpha value is -1.12. The molecule has 2 aromatic carbocycles. The summed E-state index contributed by atoms with van der Waals surface area (Å²) in [5, 5.41) is 0.480. The second-order valence-electron chi connectivity index (χ2n) is 3.69. The molecule has 0 aliphatic carbocycles. The van der Waals surface area contributed by atoms with Crippen LogP contribution >= 0.6 is 27.5 Å². The number of halogens is 2. The van der Waals surface area contributed by atoms with Crippen molar-refractivity contribution in [1.29, 1.82) is 0 Å². The van der Waals surface area contributed by atoms with Gasteiger partial charge in [-0.3, -0.25) is 4.79 Å². The van der Waals surface area contributed by atoms with Crippen molar-refractivity contribution in [2.45, 2.75) is 6.42 Å². The molecule has 2 aromatic rings. The van der Waals surface area contributed by atoms with Crippen molar-refractivity contribution < 1.29 is 4.79 Å². The molecule has 0 aliphatic heterocycles. The summed E-state index contributed by atoms with van der Waals surface area (Å²) in [5.41, 5.74) is 1.55. The highest BCUT2D eigenvalue weighted by atomic mass is 79.9. The highest BCUT2D eigenvalue weighted by molar-refractivity contribution is 9.10. The number of Topliss-reactive ketones (excluding diaryl/α,β-unsaturated/α-hetero) is 1. The van der Waals surface area contributed by atoms with E-state index in [0.29, 0.717) is 17.0 Å². The molecule has 1 nitrogen and oxygen atoms in total. The first-order valence-electron chi connectivity index (χ1n) is 5.19. The van der Waals surface area contributed by atoms with Gasteiger partial charge in [0.25, 0.3) is 0 Å². The Morgan fingerprint density at radius 2 is 1.76 bits per heavy atom. The number of carbonyl (C=O) groups is 1. The molecule has 3 heteroatoms. The minimum absolute atomic E-state index is 0.0301. The lowest BCUT2D eigenvalue weighted by atomic mass is 10.0. The maximum absolute atomic E-state index is 12.1. The fourth-order valence-electron chi connectivity index (χ4n) is 1.60. The highest BCUT2D eigenvalue weighted by Gasteiger charge is 2.12. The molecule has 2 rings (SSSR count). The van der Waals surface area contributed by atoms with Crippen molar-refractivity contribution >= 4 is 33.3 Å². The predicted octanol–water partition coefficient (Wildman–Crippen LogP) is 4.53. The van der Waals surface area contributed by atoms with E-state index in [1.165, 1.54) is 0 Å². The number of ketones is 1. The van der Waals surface area contributed by atoms with E-state index in [0.717, 1.165) is 10.0 Å². The molecule has 0 saturated heterocycles. The fraction of sp³-hybridized carbons (Fsp3) is 0.0714. The van der Waals surface area contributed by atoms with Gasteiger partial charge in [-0.15, -0.1) is 0 Å². The third-order valence-corrected chi connectivity index (χ3v) is 3.76. The topological polar surface area (TPSA) is 17.1 Å². The van der Waals surface area contributed by atoms with Crippen LogP contribution in [-0.4, -0.2) is 5.78 Å². The quantitative estimate of drug-likeness (QED) is 0.761. The van der Waals surface area contributed by atoms with E-state index in [1.807, 2.05) is 42.5 Å². The average Bonchev–Trinajstić information content (AvgIpc) is 2.34. The van der Waals surface area contributed by atoms with Gasteiger partial charge in [0.05, 0.1) is 5.02 Å². The maximum Gasteiger partial charge on any atom is 0.168 e. The largest absolute Gasteiger partial charge is 0.294 e. The zero-order valence-electron chi connectivity index (χ0n) is 8.99. The third-order valence-electron chi connectivity index (χ3n) is 2.46. The Balaban J connectivity index is 2.24. The summed E-state index contributed by atoms with van der Waals surface area (Å²) in [4.78, 5) is 12.1. The van der Waals surface area contributed by atoms with E-state index < -0.39 is 0 Å². The standard InChI is InChI=1S/C14H10BrClO/c15-12-8-4-7-11(14(12)16)13(17)9-10-5-2-1-3-6-10/h1-8H,9H2. The maximum atomic E-state index is 12.1. The van der Waals surface area contributed by atoms with Crippen LogP contribution in [-0.2, 0) is 6.42 Å². The number of hydrogen-bond acceptors (Lipinski definition) is 1. The van der Waals surface area contributed by atoms with Crippen LogP contribution in [0.4, 0.5) is 0 Å². The number of benzene rings is 2. The Kier molecular flexibility index (Phi) is 3.97. The van der Waals surface area contributed by atoms with E-state index >= 15 is 0 Å². The summed E-state index contributed by atoms with van der Waals surface area (Å²) >= 11 is 9.40. The van der Waals surface area contributed by atoms with E-state index in [-0.39, 0.29) is 5.78 Å². The monoisotopic (exact) mass is 308 g/mol. The zero-order valence-corrected chi connectivity index (χ0v) is 11.3. The normalized spacial score (nSPS) is 10.2. The number of hydrogen-bond donors (Lipinski definition) is 0. The molecule has 0 unspecified atom stereocenters. The molecule has 17 heavy (non-hydrogen) atoms. The Labute approximate surface area is 114 Å². The predicted molar refractivity (Wildman–Crippen MR) is 73.6 cm³/mol. The third kappa shape index (κ3) is 2.96. The van der Waals surface area contributed by atoms with E-state index in [9.17, 15) is 4.79 Å². The first-order valence-corrected chi connectivity index (χ1v) is 6.36. The minimum Gasteiger partial charge on any atom is -0.294 e. The van der Waals surface area contributed by atoms with Gasteiger partial charge in [-0.1, -0.05) is 48.0 Å². The second-order valence-corrected chi connectivity index (χ2v) is 4.92. The van der Waals surface area contributed by atoms with Crippen LogP contribution in [0.1, 0.15) is 15.9 Å². The van der Waals surface area contributed by atoms with Gasteiger partial charge < -0.3 is 0 Å². The van der Waals surface area contributed by atoms with E-state index in [1.54, 1.807) is 6.07 Å². The molecular weight excluding hydrogens is 300 g/mol. The Bertz CT molecular complexity index is 537. The zero-order chi connectivity index (χ0) is 12.3. The summed E-state index contributed by atoms with van der Waals surface area (Å²) in [6, 6.07) is 15.0. The molecule has 0 heterocycles. The number of rotatable bonds is 3. The van der Waals surface area contributed by atoms with Gasteiger partial charge >= 0.3 is 0 Å². The average molecular weight is 310 g/mol. The molecule has 0 radical (unpaired) electrons. The Morgan fingerprint density at radius 1 is 1.06 bits per heavy atom. The van der Waals surface area contributed by atoms with Crippen molar-refractivity contribution in [3.8, 4) is 0 Å². The molecule has 0 aromatic heterocycles. The van der Waals surface area contributed by atoms with E-state index in [2.05, 4.69) is 15.9 Å². The molecule has 86 valence electrons. The SMILES string of the molecule is O=C(Cc1ccccc1)c1cccc(Br)c1Cl. The van der Waals surface area contributed by atoms with Crippen molar-refractivity contribution in [1.82, 2.24) is 0 Å². The molecule has 0 saturated carbocycles. The van der Waals surface area contributed by atoms with Crippen LogP contribution in [0.2, 0.25) is 5.02 Å². The lowest BCUT2D eigenvalue weighted by Crippen LogP contribution is -2.04. The van der Waals surface area contributed by atoms with Crippen LogP contribution in [0.15, 0.2) is 53.0 Å². The van der Waals surface area contributed by atoms with Gasteiger partial charge in [-0.2, -0.15) is 0 Å². The summed E-state index contributed by atoms with van der Waals surface area (Å²) in [6.07, 6.45) is 0.372. The van der Waals surface area contributed by atoms with Crippen LogP contribution in [0.5, 0.6) is 0 Å². The van der Waals surface area contributed by atoms with Crippen molar-refractivity contribution in [3.63, 3.8) is 0 Å². The summed E-state index contributed by atoms with van der Waals surface area (Å²) < 4.78 is 0.748. The van der Waals surface area contributed by atoms with Crippen LogP contribution < -0.4 is 0 Å². The first-order chi connectivity index (χ1) is 8.18. The highest BCUT2D eigenvalue weighted by Crippen LogP contribution is 2.26. The molecule has 0 spiro atoms. The molecule has 0 bridgehead atoms. The minimum atomic E-state index is 0.0301. The van der Waals surface area contributed by atoms with Crippen LogP contribution in [0.3, 0.4) is 0 Å². The lowest BCUT2D eigenvalue weighted by molar-refractivity contribution is 0.0993. The molecule has 0 aliphatic rings. The summed E-state index contributed by atoms with van der Waals surface area (Å²) in [5.74, 6) is 0.0301. The van der Waals surface area contributed by atoms with Gasteiger partial charge in [0, 0.05) is 16.5 Å². The van der Waals surface area contributed by atoms with Crippen molar-refractivity contribution in [2.75, 3.05) is 0 Å². The van der Waals surface area contributed by atoms with Gasteiger partial charge in [0.2, 0.25) is 0 Å². The Morgan fingerprint density at radius 3 is 2.47 bits per heavy atom. The van der Waals surface area contributed by atoms with Gasteiger partial charge in [0.15, 0.2) is 5.78 Å². The second kappa shape index (κ2) is 5.48. The molecule has 0 atom stereocenters. The van der Waals surface area contributed by atoms with Crippen LogP contribution in [0.25, 0.3) is 0 Å². The van der Waals surface area contributed by atoms with Crippen molar-refractivity contribution in [3.05, 3.63) is 69.2 Å². The number of carbonyl (C=O) groups excluding carboxylic acids is 1. The fourth-order valence-corrected chi connectivity index (χ4v) is 2.19. The van der Waals surface area contributed by atoms with Gasteiger partial charge in [-0.25, -0.2) is 0 Å². The lowest BCUT2D eigenvalue weighted by Gasteiger charge is -2.05.